The Labute approximate surface area is 230 Å². The zero-order valence-corrected chi connectivity index (χ0v) is 23.7. The summed E-state index contributed by atoms with van der Waals surface area (Å²) >= 11 is 0. The molecule has 0 radical (unpaired) electrons. The average Bonchev–Trinajstić information content (AvgIpc) is 2.94. The number of nitrogens with one attached hydrogen (secondary N) is 1. The number of hydrogen-bond donors (Lipinski definition) is 2. The molecule has 11 heteroatoms. The van der Waals surface area contributed by atoms with Gasteiger partial charge in [-0.25, -0.2) is 13.9 Å². The Balaban J connectivity index is 1.59. The molecule has 0 bridgehead atoms. The molecule has 2 amide bonds. The van der Waals surface area contributed by atoms with Crippen molar-refractivity contribution in [2.75, 3.05) is 52.9 Å². The molecule has 0 aliphatic carbocycles. The average molecular weight is 560 g/mol. The summed E-state index contributed by atoms with van der Waals surface area (Å²) < 4.78 is 35.9. The summed E-state index contributed by atoms with van der Waals surface area (Å²) in [7, 11) is 3.24. The minimum atomic E-state index is -4.08. The maximum atomic E-state index is 13.3. The van der Waals surface area contributed by atoms with Crippen molar-refractivity contribution in [3.05, 3.63) is 59.7 Å². The second-order valence-corrected chi connectivity index (χ2v) is 12.0. The number of hydrogen-bond acceptors (Lipinski definition) is 8. The van der Waals surface area contributed by atoms with Gasteiger partial charge < -0.3 is 19.3 Å². The van der Waals surface area contributed by atoms with Crippen LogP contribution in [0.5, 0.6) is 5.75 Å². The van der Waals surface area contributed by atoms with Crippen molar-refractivity contribution in [1.29, 1.82) is 0 Å². The van der Waals surface area contributed by atoms with Gasteiger partial charge in [0, 0.05) is 52.7 Å². The zero-order valence-electron chi connectivity index (χ0n) is 22.8. The number of anilines is 1. The quantitative estimate of drug-likeness (QED) is 0.244. The third-order valence-electron chi connectivity index (χ3n) is 6.74. The predicted octanol–water partition coefficient (Wildman–Crippen LogP) is 3.16. The first-order valence-electron chi connectivity index (χ1n) is 12.7. The SMILES string of the molecule is CN(C)C(=O)c1cc(N(C)C)ccc1C=CCCCOc1ccc(S(=O)(=O)C2(C(=O)NO)CCOCC2)cc1. The van der Waals surface area contributed by atoms with Gasteiger partial charge in [-0.2, -0.15) is 0 Å². The lowest BCUT2D eigenvalue weighted by molar-refractivity contribution is -0.134. The molecule has 1 saturated heterocycles. The van der Waals surface area contributed by atoms with Gasteiger partial charge in [0.25, 0.3) is 11.8 Å². The molecule has 2 N–H and O–H groups in total. The van der Waals surface area contributed by atoms with Crippen LogP contribution in [-0.2, 0) is 19.4 Å². The number of amides is 2. The summed E-state index contributed by atoms with van der Waals surface area (Å²) in [5, 5.41) is 9.17. The fraction of sp³-hybridized carbons (Fsp3) is 0.429. The van der Waals surface area contributed by atoms with Gasteiger partial charge in [-0.05, 0) is 67.6 Å². The van der Waals surface area contributed by atoms with E-state index in [-0.39, 0.29) is 36.9 Å². The Kier molecular flexibility index (Phi) is 10.1. The van der Waals surface area contributed by atoms with Crippen molar-refractivity contribution >= 4 is 33.4 Å². The van der Waals surface area contributed by atoms with Gasteiger partial charge in [0.05, 0.1) is 11.5 Å². The van der Waals surface area contributed by atoms with Crippen LogP contribution >= 0.6 is 0 Å². The summed E-state index contributed by atoms with van der Waals surface area (Å²) in [5.74, 6) is -0.512. The minimum absolute atomic E-state index is 0.0216. The van der Waals surface area contributed by atoms with Crippen molar-refractivity contribution in [3.63, 3.8) is 0 Å². The molecule has 212 valence electrons. The highest BCUT2D eigenvalue weighted by Gasteiger charge is 2.52. The van der Waals surface area contributed by atoms with Gasteiger partial charge in [-0.15, -0.1) is 0 Å². The molecule has 2 aromatic carbocycles. The number of sulfone groups is 1. The van der Waals surface area contributed by atoms with Gasteiger partial charge in [-0.1, -0.05) is 18.2 Å². The number of unbranched alkanes of at least 4 members (excludes halogenated alkanes) is 1. The number of ether oxygens (including phenoxy) is 2. The van der Waals surface area contributed by atoms with Gasteiger partial charge in [0.1, 0.15) is 5.75 Å². The molecule has 0 aromatic heterocycles. The maximum Gasteiger partial charge on any atom is 0.265 e. The van der Waals surface area contributed by atoms with E-state index in [1.54, 1.807) is 31.1 Å². The van der Waals surface area contributed by atoms with E-state index in [1.165, 1.54) is 17.6 Å². The molecule has 3 rings (SSSR count). The van der Waals surface area contributed by atoms with Crippen LogP contribution < -0.4 is 15.1 Å². The van der Waals surface area contributed by atoms with Crippen LogP contribution in [0.15, 0.2) is 53.4 Å². The predicted molar refractivity (Wildman–Crippen MR) is 149 cm³/mol. The summed E-state index contributed by atoms with van der Waals surface area (Å²) in [6.45, 7) is 0.627. The Morgan fingerprint density at radius 1 is 1.08 bits per heavy atom. The maximum absolute atomic E-state index is 13.3. The fourth-order valence-electron chi connectivity index (χ4n) is 4.36. The summed E-state index contributed by atoms with van der Waals surface area (Å²) in [6.07, 6.45) is 5.28. The molecule has 0 spiro atoms. The number of carbonyl (C=O) groups excluding carboxylic acids is 2. The summed E-state index contributed by atoms with van der Waals surface area (Å²) in [5.41, 5.74) is 3.94. The molecule has 0 unspecified atom stereocenters. The van der Waals surface area contributed by atoms with Gasteiger partial charge >= 0.3 is 0 Å². The number of allylic oxidation sites excluding steroid dienone is 1. The molecule has 39 heavy (non-hydrogen) atoms. The minimum Gasteiger partial charge on any atom is -0.494 e. The van der Waals surface area contributed by atoms with E-state index in [9.17, 15) is 23.2 Å². The number of benzene rings is 2. The number of carbonyl (C=O) groups is 2. The molecule has 1 aliphatic heterocycles. The molecular formula is C28H37N3O7S. The standard InChI is InChI=1S/C28H37N3O7S/c1-30(2)22-10-9-21(25(20-22)26(32)31(3)4)8-6-5-7-17-38-23-11-13-24(14-12-23)39(35,36)28(27(33)29-34)15-18-37-19-16-28/h6,8-14,20,34H,5,7,15-19H2,1-4H3,(H,29,33). The lowest BCUT2D eigenvalue weighted by Gasteiger charge is -2.34. The van der Waals surface area contributed by atoms with Gasteiger partial charge in [0.2, 0.25) is 0 Å². The van der Waals surface area contributed by atoms with E-state index in [2.05, 4.69) is 0 Å². The Morgan fingerprint density at radius 3 is 2.33 bits per heavy atom. The van der Waals surface area contributed by atoms with Crippen LogP contribution in [0.1, 0.15) is 41.6 Å². The molecule has 0 saturated carbocycles. The number of rotatable bonds is 11. The van der Waals surface area contributed by atoms with Gasteiger partial charge in [0.15, 0.2) is 14.6 Å². The zero-order chi connectivity index (χ0) is 28.6. The van der Waals surface area contributed by atoms with Crippen molar-refractivity contribution in [3.8, 4) is 5.75 Å². The van der Waals surface area contributed by atoms with Crippen LogP contribution in [-0.4, -0.2) is 83.1 Å². The van der Waals surface area contributed by atoms with E-state index in [4.69, 9.17) is 9.47 Å². The molecular weight excluding hydrogens is 522 g/mol. The largest absolute Gasteiger partial charge is 0.494 e. The third kappa shape index (κ3) is 6.78. The Morgan fingerprint density at radius 2 is 1.74 bits per heavy atom. The lowest BCUT2D eigenvalue weighted by atomic mass is 9.98. The molecule has 10 nitrogen and oxygen atoms in total. The normalized spacial score (nSPS) is 15.1. The van der Waals surface area contributed by atoms with Crippen molar-refractivity contribution < 1.29 is 32.7 Å². The van der Waals surface area contributed by atoms with E-state index < -0.39 is 20.5 Å². The number of hydroxylamine groups is 1. The summed E-state index contributed by atoms with van der Waals surface area (Å²) in [6, 6.07) is 11.7. The second kappa shape index (κ2) is 13.1. The Bertz CT molecular complexity index is 1280. The highest BCUT2D eigenvalue weighted by Crippen LogP contribution is 2.35. The third-order valence-corrected chi connectivity index (χ3v) is 9.25. The first-order chi connectivity index (χ1) is 18.5. The van der Waals surface area contributed by atoms with Gasteiger partial charge in [-0.3, -0.25) is 14.8 Å². The molecule has 1 fully saturated rings. The highest BCUT2D eigenvalue weighted by molar-refractivity contribution is 7.93. The highest BCUT2D eigenvalue weighted by atomic mass is 32.2. The van der Waals surface area contributed by atoms with Crippen molar-refractivity contribution in [1.82, 2.24) is 10.4 Å². The van der Waals surface area contributed by atoms with E-state index in [0.717, 1.165) is 17.7 Å². The first kappa shape index (κ1) is 30.1. The van der Waals surface area contributed by atoms with Crippen LogP contribution in [0.2, 0.25) is 0 Å². The van der Waals surface area contributed by atoms with Crippen LogP contribution in [0.4, 0.5) is 5.69 Å². The van der Waals surface area contributed by atoms with Crippen molar-refractivity contribution in [2.45, 2.75) is 35.3 Å². The summed E-state index contributed by atoms with van der Waals surface area (Å²) in [4.78, 5) is 28.5. The van der Waals surface area contributed by atoms with E-state index in [0.29, 0.717) is 24.3 Å². The molecule has 1 heterocycles. The monoisotopic (exact) mass is 559 g/mol. The van der Waals surface area contributed by atoms with E-state index >= 15 is 0 Å². The Hall–Kier alpha value is -3.41. The topological polar surface area (TPSA) is 125 Å². The van der Waals surface area contributed by atoms with Crippen LogP contribution in [0.25, 0.3) is 6.08 Å². The smallest absolute Gasteiger partial charge is 0.265 e. The molecule has 1 aliphatic rings. The number of nitrogens with zero attached hydrogens (tertiary/aromatic N) is 2. The van der Waals surface area contributed by atoms with E-state index in [1.807, 2.05) is 49.3 Å². The van der Waals surface area contributed by atoms with Crippen molar-refractivity contribution in [2.24, 2.45) is 0 Å². The second-order valence-electron chi connectivity index (χ2n) is 9.78. The lowest BCUT2D eigenvalue weighted by Crippen LogP contribution is -2.54. The molecule has 0 atom stereocenters. The van der Waals surface area contributed by atoms with Crippen LogP contribution in [0, 0.1) is 0 Å². The molecule has 2 aromatic rings. The van der Waals surface area contributed by atoms with Crippen LogP contribution in [0.3, 0.4) is 0 Å². The fourth-order valence-corrected chi connectivity index (χ4v) is 6.30. The first-order valence-corrected chi connectivity index (χ1v) is 14.2.